The fourth-order valence-corrected chi connectivity index (χ4v) is 2.50. The van der Waals surface area contributed by atoms with E-state index in [1.54, 1.807) is 6.20 Å². The Labute approximate surface area is 99.8 Å². The number of benzene rings is 1. The molecule has 3 rings (SSSR count). The summed E-state index contributed by atoms with van der Waals surface area (Å²) in [4.78, 5) is 6.77. The second-order valence-corrected chi connectivity index (χ2v) is 4.63. The van der Waals surface area contributed by atoms with Gasteiger partial charge in [0.15, 0.2) is 0 Å². The third-order valence-electron chi connectivity index (χ3n) is 3.12. The Morgan fingerprint density at radius 3 is 2.81 bits per heavy atom. The minimum Gasteiger partial charge on any atom is -0.371 e. The Hall–Kier alpha value is -1.28. The van der Waals surface area contributed by atoms with Crippen LogP contribution < -0.4 is 4.90 Å². The van der Waals surface area contributed by atoms with Crippen LogP contribution in [0, 0.1) is 0 Å². The maximum Gasteiger partial charge on any atom is 0.0723 e. The molecule has 0 bridgehead atoms. The summed E-state index contributed by atoms with van der Waals surface area (Å²) in [6, 6.07) is 8.27. The zero-order chi connectivity index (χ0) is 11.0. The third-order valence-corrected chi connectivity index (χ3v) is 3.32. The molecule has 0 atom stereocenters. The van der Waals surface area contributed by atoms with Gasteiger partial charge in [-0.2, -0.15) is 0 Å². The van der Waals surface area contributed by atoms with Gasteiger partial charge in [-0.1, -0.05) is 17.7 Å². The van der Waals surface area contributed by atoms with E-state index in [2.05, 4.69) is 22.0 Å². The standard InChI is InChI=1S/C13H13ClN2/c14-10-8-11-12(15-9-10)4-3-5-13(11)16-6-1-2-7-16/h3-5,8-9H,1-2,6-7H2. The SMILES string of the molecule is Clc1cnc2cccc(N3CCCC3)c2c1. The Morgan fingerprint density at radius 2 is 2.00 bits per heavy atom. The molecular formula is C13H13ClN2. The van der Waals surface area contributed by atoms with E-state index in [-0.39, 0.29) is 0 Å². The molecule has 3 heteroatoms. The fourth-order valence-electron chi connectivity index (χ4n) is 2.34. The molecule has 2 nitrogen and oxygen atoms in total. The summed E-state index contributed by atoms with van der Waals surface area (Å²) in [6.07, 6.45) is 4.27. The zero-order valence-corrected chi connectivity index (χ0v) is 9.74. The molecule has 16 heavy (non-hydrogen) atoms. The van der Waals surface area contributed by atoms with E-state index in [4.69, 9.17) is 11.6 Å². The van der Waals surface area contributed by atoms with E-state index in [0.717, 1.165) is 24.0 Å². The first kappa shape index (κ1) is 9.91. The normalized spacial score (nSPS) is 15.9. The Balaban J connectivity index is 2.18. The summed E-state index contributed by atoms with van der Waals surface area (Å²) in [7, 11) is 0. The number of aromatic nitrogens is 1. The molecule has 0 aliphatic carbocycles. The van der Waals surface area contributed by atoms with Crippen LogP contribution in [0.25, 0.3) is 10.9 Å². The van der Waals surface area contributed by atoms with Crippen molar-refractivity contribution in [1.29, 1.82) is 0 Å². The van der Waals surface area contributed by atoms with E-state index in [0.29, 0.717) is 5.02 Å². The monoisotopic (exact) mass is 232 g/mol. The molecular weight excluding hydrogens is 220 g/mol. The molecule has 0 N–H and O–H groups in total. The average Bonchev–Trinajstić information content (AvgIpc) is 2.81. The van der Waals surface area contributed by atoms with Crippen LogP contribution in [-0.2, 0) is 0 Å². The molecule has 0 amide bonds. The van der Waals surface area contributed by atoms with Gasteiger partial charge < -0.3 is 4.90 Å². The predicted molar refractivity (Wildman–Crippen MR) is 68.2 cm³/mol. The van der Waals surface area contributed by atoms with Crippen molar-refractivity contribution in [1.82, 2.24) is 4.98 Å². The van der Waals surface area contributed by atoms with Crippen LogP contribution in [0.1, 0.15) is 12.8 Å². The lowest BCUT2D eigenvalue weighted by molar-refractivity contribution is 0.949. The molecule has 1 aliphatic rings. The van der Waals surface area contributed by atoms with Crippen LogP contribution in [0.5, 0.6) is 0 Å². The average molecular weight is 233 g/mol. The molecule has 0 radical (unpaired) electrons. The first-order valence-corrected chi connectivity index (χ1v) is 6.01. The van der Waals surface area contributed by atoms with Crippen LogP contribution in [0.3, 0.4) is 0 Å². The fraction of sp³-hybridized carbons (Fsp3) is 0.308. The van der Waals surface area contributed by atoms with Crippen LogP contribution in [0.15, 0.2) is 30.5 Å². The minimum atomic E-state index is 0.708. The van der Waals surface area contributed by atoms with Crippen molar-refractivity contribution in [3.8, 4) is 0 Å². The van der Waals surface area contributed by atoms with E-state index in [9.17, 15) is 0 Å². The molecule has 0 spiro atoms. The van der Waals surface area contributed by atoms with Gasteiger partial charge in [-0.15, -0.1) is 0 Å². The van der Waals surface area contributed by atoms with Gasteiger partial charge in [0.05, 0.1) is 10.5 Å². The lowest BCUT2D eigenvalue weighted by Crippen LogP contribution is -2.17. The number of hydrogen-bond donors (Lipinski definition) is 0. The predicted octanol–water partition coefficient (Wildman–Crippen LogP) is 3.49. The second-order valence-electron chi connectivity index (χ2n) is 4.19. The van der Waals surface area contributed by atoms with E-state index >= 15 is 0 Å². The molecule has 1 aromatic carbocycles. The van der Waals surface area contributed by atoms with E-state index < -0.39 is 0 Å². The summed E-state index contributed by atoms with van der Waals surface area (Å²) >= 11 is 6.02. The Bertz CT molecular complexity index is 518. The summed E-state index contributed by atoms with van der Waals surface area (Å²) in [5, 5.41) is 1.87. The van der Waals surface area contributed by atoms with Crippen molar-refractivity contribution in [3.05, 3.63) is 35.5 Å². The van der Waals surface area contributed by atoms with Gasteiger partial charge >= 0.3 is 0 Å². The Morgan fingerprint density at radius 1 is 1.19 bits per heavy atom. The van der Waals surface area contributed by atoms with Crippen molar-refractivity contribution in [2.24, 2.45) is 0 Å². The summed E-state index contributed by atoms with van der Waals surface area (Å²) in [5.41, 5.74) is 2.29. The molecule has 1 aromatic heterocycles. The molecule has 0 saturated carbocycles. The van der Waals surface area contributed by atoms with E-state index in [1.807, 2.05) is 12.1 Å². The number of rotatable bonds is 1. The summed E-state index contributed by atoms with van der Waals surface area (Å²) in [5.74, 6) is 0. The van der Waals surface area contributed by atoms with Gasteiger partial charge in [0.1, 0.15) is 0 Å². The number of hydrogen-bond acceptors (Lipinski definition) is 2. The van der Waals surface area contributed by atoms with Crippen molar-refractivity contribution < 1.29 is 0 Å². The largest absolute Gasteiger partial charge is 0.371 e. The van der Waals surface area contributed by atoms with Crippen molar-refractivity contribution in [3.63, 3.8) is 0 Å². The molecule has 1 saturated heterocycles. The summed E-state index contributed by atoms with van der Waals surface area (Å²) < 4.78 is 0. The topological polar surface area (TPSA) is 16.1 Å². The Kier molecular flexibility index (Phi) is 2.44. The van der Waals surface area contributed by atoms with Crippen molar-refractivity contribution in [2.75, 3.05) is 18.0 Å². The molecule has 1 aliphatic heterocycles. The van der Waals surface area contributed by atoms with Gasteiger partial charge in [-0.05, 0) is 31.0 Å². The van der Waals surface area contributed by atoms with Crippen molar-refractivity contribution >= 4 is 28.2 Å². The van der Waals surface area contributed by atoms with Gasteiger partial charge in [-0.3, -0.25) is 4.98 Å². The molecule has 2 aromatic rings. The van der Waals surface area contributed by atoms with Gasteiger partial charge in [0.25, 0.3) is 0 Å². The maximum atomic E-state index is 6.02. The zero-order valence-electron chi connectivity index (χ0n) is 8.99. The number of halogens is 1. The highest BCUT2D eigenvalue weighted by Gasteiger charge is 2.14. The molecule has 2 heterocycles. The second kappa shape index (κ2) is 3.95. The van der Waals surface area contributed by atoms with Gasteiger partial charge in [0, 0.05) is 30.4 Å². The quantitative estimate of drug-likeness (QED) is 0.748. The highest BCUT2D eigenvalue weighted by molar-refractivity contribution is 6.31. The highest BCUT2D eigenvalue weighted by atomic mass is 35.5. The van der Waals surface area contributed by atoms with Gasteiger partial charge in [0.2, 0.25) is 0 Å². The lowest BCUT2D eigenvalue weighted by atomic mass is 10.1. The van der Waals surface area contributed by atoms with Crippen LogP contribution in [0.4, 0.5) is 5.69 Å². The lowest BCUT2D eigenvalue weighted by Gasteiger charge is -2.19. The maximum absolute atomic E-state index is 6.02. The highest BCUT2D eigenvalue weighted by Crippen LogP contribution is 2.29. The number of nitrogens with zero attached hydrogens (tertiary/aromatic N) is 2. The van der Waals surface area contributed by atoms with Crippen LogP contribution in [-0.4, -0.2) is 18.1 Å². The van der Waals surface area contributed by atoms with Crippen LogP contribution >= 0.6 is 11.6 Å². The first-order chi connectivity index (χ1) is 7.84. The number of anilines is 1. The van der Waals surface area contributed by atoms with Crippen LogP contribution in [0.2, 0.25) is 5.02 Å². The first-order valence-electron chi connectivity index (χ1n) is 5.64. The minimum absolute atomic E-state index is 0.708. The number of pyridine rings is 1. The van der Waals surface area contributed by atoms with E-state index in [1.165, 1.54) is 18.5 Å². The molecule has 82 valence electrons. The van der Waals surface area contributed by atoms with Crippen molar-refractivity contribution in [2.45, 2.75) is 12.8 Å². The third kappa shape index (κ3) is 1.63. The smallest absolute Gasteiger partial charge is 0.0723 e. The van der Waals surface area contributed by atoms with Gasteiger partial charge in [-0.25, -0.2) is 0 Å². The molecule has 1 fully saturated rings. The summed E-state index contributed by atoms with van der Waals surface area (Å²) in [6.45, 7) is 2.29. The molecule has 0 unspecified atom stereocenters. The number of fused-ring (bicyclic) bond motifs is 1.